The number of benzene rings is 1. The van der Waals surface area contributed by atoms with Crippen molar-refractivity contribution in [3.8, 4) is 5.75 Å². The SMILES string of the molecule is Oc1ccc(CN2CCCC3CNCC32)cc1F. The van der Waals surface area contributed by atoms with E-state index in [1.807, 2.05) is 6.07 Å². The molecule has 1 aromatic carbocycles. The molecule has 3 nitrogen and oxygen atoms in total. The van der Waals surface area contributed by atoms with Gasteiger partial charge in [-0.2, -0.15) is 0 Å². The van der Waals surface area contributed by atoms with Gasteiger partial charge < -0.3 is 10.4 Å². The maximum absolute atomic E-state index is 13.3. The summed E-state index contributed by atoms with van der Waals surface area (Å²) in [5, 5.41) is 12.6. The zero-order valence-corrected chi connectivity index (χ0v) is 10.4. The van der Waals surface area contributed by atoms with Gasteiger partial charge >= 0.3 is 0 Å². The molecule has 0 spiro atoms. The van der Waals surface area contributed by atoms with Gasteiger partial charge in [0.15, 0.2) is 11.6 Å². The third-order valence-corrected chi connectivity index (χ3v) is 4.19. The number of hydrogen-bond acceptors (Lipinski definition) is 3. The largest absolute Gasteiger partial charge is 0.505 e. The summed E-state index contributed by atoms with van der Waals surface area (Å²) in [5.74, 6) is -0.0378. The molecule has 98 valence electrons. The summed E-state index contributed by atoms with van der Waals surface area (Å²) in [7, 11) is 0. The summed E-state index contributed by atoms with van der Waals surface area (Å²) in [5.41, 5.74) is 0.942. The Morgan fingerprint density at radius 1 is 1.39 bits per heavy atom. The number of nitrogens with zero attached hydrogens (tertiary/aromatic N) is 1. The Bertz CT molecular complexity index is 438. The number of hydrogen-bond donors (Lipinski definition) is 2. The minimum Gasteiger partial charge on any atom is -0.505 e. The molecule has 1 aromatic rings. The molecule has 0 bridgehead atoms. The van der Waals surface area contributed by atoms with Crippen molar-refractivity contribution in [2.24, 2.45) is 5.92 Å². The van der Waals surface area contributed by atoms with Gasteiger partial charge in [0, 0.05) is 19.1 Å². The average Bonchev–Trinajstić information content (AvgIpc) is 2.83. The first-order valence-electron chi connectivity index (χ1n) is 6.66. The van der Waals surface area contributed by atoms with E-state index in [0.717, 1.165) is 37.7 Å². The summed E-state index contributed by atoms with van der Waals surface area (Å²) in [6.07, 6.45) is 2.53. The van der Waals surface area contributed by atoms with Crippen LogP contribution in [-0.4, -0.2) is 35.7 Å². The van der Waals surface area contributed by atoms with Gasteiger partial charge in [0.2, 0.25) is 0 Å². The van der Waals surface area contributed by atoms with Crippen LogP contribution in [0.25, 0.3) is 0 Å². The molecule has 0 amide bonds. The van der Waals surface area contributed by atoms with Crippen LogP contribution in [0.5, 0.6) is 5.75 Å². The van der Waals surface area contributed by atoms with Crippen molar-refractivity contribution < 1.29 is 9.50 Å². The van der Waals surface area contributed by atoms with Crippen LogP contribution in [0.3, 0.4) is 0 Å². The number of aromatic hydroxyl groups is 1. The van der Waals surface area contributed by atoms with Crippen molar-refractivity contribution in [3.63, 3.8) is 0 Å². The van der Waals surface area contributed by atoms with E-state index < -0.39 is 5.82 Å². The monoisotopic (exact) mass is 250 g/mol. The highest BCUT2D eigenvalue weighted by Crippen LogP contribution is 2.28. The van der Waals surface area contributed by atoms with E-state index in [-0.39, 0.29) is 5.75 Å². The Labute approximate surface area is 107 Å². The molecule has 2 saturated heterocycles. The second kappa shape index (κ2) is 4.86. The Morgan fingerprint density at radius 3 is 3.11 bits per heavy atom. The minimum atomic E-state index is -0.523. The first-order valence-corrected chi connectivity index (χ1v) is 6.66. The molecule has 2 fully saturated rings. The predicted molar refractivity (Wildman–Crippen MR) is 67.9 cm³/mol. The van der Waals surface area contributed by atoms with Crippen LogP contribution in [0.4, 0.5) is 4.39 Å². The second-order valence-electron chi connectivity index (χ2n) is 5.38. The summed E-state index contributed by atoms with van der Waals surface area (Å²) in [6, 6.07) is 5.29. The number of fused-ring (bicyclic) bond motifs is 1. The number of rotatable bonds is 2. The number of phenols is 1. The van der Waals surface area contributed by atoms with Crippen LogP contribution >= 0.6 is 0 Å². The first-order chi connectivity index (χ1) is 8.74. The summed E-state index contributed by atoms with van der Waals surface area (Å²) in [6.45, 7) is 4.03. The van der Waals surface area contributed by atoms with Gasteiger partial charge in [-0.3, -0.25) is 4.90 Å². The molecule has 18 heavy (non-hydrogen) atoms. The molecule has 3 rings (SSSR count). The molecule has 2 atom stereocenters. The van der Waals surface area contributed by atoms with Crippen LogP contribution in [0, 0.1) is 11.7 Å². The molecular formula is C14H19FN2O. The summed E-state index contributed by atoms with van der Waals surface area (Å²) in [4.78, 5) is 2.44. The molecule has 2 heterocycles. The normalized spacial score (nSPS) is 28.3. The third kappa shape index (κ3) is 2.22. The molecule has 2 unspecified atom stereocenters. The number of phenolic OH excluding ortho intramolecular Hbond substituents is 1. The maximum Gasteiger partial charge on any atom is 0.165 e. The molecule has 4 heteroatoms. The average molecular weight is 250 g/mol. The van der Waals surface area contributed by atoms with Crippen LogP contribution < -0.4 is 5.32 Å². The van der Waals surface area contributed by atoms with E-state index in [4.69, 9.17) is 0 Å². The van der Waals surface area contributed by atoms with Gasteiger partial charge in [0.1, 0.15) is 0 Å². The Morgan fingerprint density at radius 2 is 2.28 bits per heavy atom. The zero-order chi connectivity index (χ0) is 12.5. The Hall–Kier alpha value is -1.13. The number of halogens is 1. The van der Waals surface area contributed by atoms with Gasteiger partial charge in [-0.25, -0.2) is 4.39 Å². The highest BCUT2D eigenvalue weighted by molar-refractivity contribution is 5.28. The van der Waals surface area contributed by atoms with E-state index in [0.29, 0.717) is 6.04 Å². The van der Waals surface area contributed by atoms with Crippen molar-refractivity contribution in [1.29, 1.82) is 0 Å². The summed E-state index contributed by atoms with van der Waals surface area (Å²) >= 11 is 0. The minimum absolute atomic E-state index is 0.266. The van der Waals surface area contributed by atoms with Crippen LogP contribution in [0.15, 0.2) is 18.2 Å². The maximum atomic E-state index is 13.3. The molecule has 0 saturated carbocycles. The topological polar surface area (TPSA) is 35.5 Å². The van der Waals surface area contributed by atoms with Crippen molar-refractivity contribution in [2.45, 2.75) is 25.4 Å². The summed E-state index contributed by atoms with van der Waals surface area (Å²) < 4.78 is 13.3. The van der Waals surface area contributed by atoms with Gasteiger partial charge in [0.05, 0.1) is 0 Å². The number of nitrogens with one attached hydrogen (secondary N) is 1. The fourth-order valence-electron chi connectivity index (χ4n) is 3.24. The fourth-order valence-corrected chi connectivity index (χ4v) is 3.24. The van der Waals surface area contributed by atoms with Crippen molar-refractivity contribution in [3.05, 3.63) is 29.6 Å². The van der Waals surface area contributed by atoms with Gasteiger partial charge in [0.25, 0.3) is 0 Å². The van der Waals surface area contributed by atoms with Gasteiger partial charge in [-0.1, -0.05) is 6.07 Å². The molecule has 0 radical (unpaired) electrons. The highest BCUT2D eigenvalue weighted by Gasteiger charge is 2.34. The molecule has 2 aliphatic heterocycles. The zero-order valence-electron chi connectivity index (χ0n) is 10.4. The van der Waals surface area contributed by atoms with E-state index in [1.165, 1.54) is 25.0 Å². The lowest BCUT2D eigenvalue weighted by atomic mass is 9.91. The predicted octanol–water partition coefficient (Wildman–Crippen LogP) is 1.72. The Kier molecular flexibility index (Phi) is 3.22. The number of piperidine rings is 1. The van der Waals surface area contributed by atoms with E-state index in [9.17, 15) is 9.50 Å². The lowest BCUT2D eigenvalue weighted by Crippen LogP contribution is -2.44. The third-order valence-electron chi connectivity index (χ3n) is 4.19. The molecule has 2 aliphatic rings. The Balaban J connectivity index is 1.73. The van der Waals surface area contributed by atoms with Crippen LogP contribution in [0.2, 0.25) is 0 Å². The lowest BCUT2D eigenvalue weighted by Gasteiger charge is -2.37. The standard InChI is InChI=1S/C14H19FN2O/c15-12-6-10(3-4-14(12)18)9-17-5-1-2-11-7-16-8-13(11)17/h3-4,6,11,13,16,18H,1-2,5,7-9H2. The van der Waals surface area contributed by atoms with Crippen LogP contribution in [-0.2, 0) is 6.54 Å². The molecular weight excluding hydrogens is 231 g/mol. The van der Waals surface area contributed by atoms with E-state index in [2.05, 4.69) is 10.2 Å². The van der Waals surface area contributed by atoms with E-state index >= 15 is 0 Å². The van der Waals surface area contributed by atoms with Crippen molar-refractivity contribution >= 4 is 0 Å². The lowest BCUT2D eigenvalue weighted by molar-refractivity contribution is 0.117. The molecule has 0 aliphatic carbocycles. The van der Waals surface area contributed by atoms with Gasteiger partial charge in [-0.05, 0) is 49.5 Å². The van der Waals surface area contributed by atoms with Gasteiger partial charge in [-0.15, -0.1) is 0 Å². The van der Waals surface area contributed by atoms with Crippen LogP contribution in [0.1, 0.15) is 18.4 Å². The fraction of sp³-hybridized carbons (Fsp3) is 0.571. The van der Waals surface area contributed by atoms with Crippen molar-refractivity contribution in [1.82, 2.24) is 10.2 Å². The van der Waals surface area contributed by atoms with Crippen molar-refractivity contribution in [2.75, 3.05) is 19.6 Å². The molecule has 2 N–H and O–H groups in total. The quantitative estimate of drug-likeness (QED) is 0.839. The first kappa shape index (κ1) is 11.9. The number of likely N-dealkylation sites (tertiary alicyclic amines) is 1. The second-order valence-corrected chi connectivity index (χ2v) is 5.38. The van der Waals surface area contributed by atoms with E-state index in [1.54, 1.807) is 0 Å². The smallest absolute Gasteiger partial charge is 0.165 e. The molecule has 0 aromatic heterocycles. The highest BCUT2D eigenvalue weighted by atomic mass is 19.1.